The van der Waals surface area contributed by atoms with Gasteiger partial charge in [-0.1, -0.05) is 63.6 Å². The molecule has 0 bridgehead atoms. The lowest BCUT2D eigenvalue weighted by atomic mass is 10.1. The molecular formula is C20H21BrN4OS. The lowest BCUT2D eigenvalue weighted by Gasteiger charge is -2.18. The number of aromatic nitrogens is 3. The molecule has 0 fully saturated rings. The molecule has 0 saturated heterocycles. The Morgan fingerprint density at radius 1 is 1.22 bits per heavy atom. The van der Waals surface area contributed by atoms with Crippen molar-refractivity contribution in [2.75, 3.05) is 12.8 Å². The molecule has 140 valence electrons. The standard InChI is InChI=1S/C20H21BrN4OS/c1-14-8-9-18(15(2)10-14)25-13-22-23-20(25)27-12-19(26)24(3)11-16-6-4-5-7-17(16)21/h4-10,13H,11-12H2,1-3H3. The first kappa shape index (κ1) is 19.6. The Labute approximate surface area is 171 Å². The number of carbonyl (C=O) groups excluding carboxylic acids is 1. The summed E-state index contributed by atoms with van der Waals surface area (Å²) in [5.74, 6) is 0.357. The molecule has 1 heterocycles. The van der Waals surface area contributed by atoms with Crippen LogP contribution < -0.4 is 0 Å². The lowest BCUT2D eigenvalue weighted by molar-refractivity contribution is -0.127. The highest BCUT2D eigenvalue weighted by molar-refractivity contribution is 9.10. The Kier molecular flexibility index (Phi) is 6.34. The van der Waals surface area contributed by atoms with Gasteiger partial charge in [0.1, 0.15) is 6.33 Å². The van der Waals surface area contributed by atoms with Gasteiger partial charge in [-0.2, -0.15) is 0 Å². The summed E-state index contributed by atoms with van der Waals surface area (Å²) in [4.78, 5) is 14.3. The summed E-state index contributed by atoms with van der Waals surface area (Å²) < 4.78 is 2.94. The molecule has 0 spiro atoms. The third kappa shape index (κ3) is 4.78. The fourth-order valence-electron chi connectivity index (χ4n) is 2.77. The van der Waals surface area contributed by atoms with Crippen molar-refractivity contribution in [3.05, 3.63) is 70.0 Å². The molecule has 0 aliphatic rings. The summed E-state index contributed by atoms with van der Waals surface area (Å²) in [5, 5.41) is 8.92. The number of thioether (sulfide) groups is 1. The molecule has 0 atom stereocenters. The van der Waals surface area contributed by atoms with Crippen molar-refractivity contribution < 1.29 is 4.79 Å². The van der Waals surface area contributed by atoms with E-state index in [2.05, 4.69) is 58.2 Å². The highest BCUT2D eigenvalue weighted by Gasteiger charge is 2.15. The van der Waals surface area contributed by atoms with E-state index >= 15 is 0 Å². The van der Waals surface area contributed by atoms with E-state index in [-0.39, 0.29) is 5.91 Å². The molecule has 0 aliphatic carbocycles. The summed E-state index contributed by atoms with van der Waals surface area (Å²) in [6, 6.07) is 14.2. The minimum Gasteiger partial charge on any atom is -0.341 e. The number of hydrogen-bond donors (Lipinski definition) is 0. The molecule has 27 heavy (non-hydrogen) atoms. The van der Waals surface area contributed by atoms with Gasteiger partial charge in [-0.25, -0.2) is 0 Å². The van der Waals surface area contributed by atoms with Gasteiger partial charge in [0.05, 0.1) is 11.4 Å². The van der Waals surface area contributed by atoms with Crippen LogP contribution in [0.3, 0.4) is 0 Å². The van der Waals surface area contributed by atoms with Crippen molar-refractivity contribution in [3.63, 3.8) is 0 Å². The molecule has 0 N–H and O–H groups in total. The number of amides is 1. The van der Waals surface area contributed by atoms with Crippen LogP contribution in [0.5, 0.6) is 0 Å². The third-order valence-electron chi connectivity index (χ3n) is 4.24. The number of benzene rings is 2. The molecule has 0 saturated carbocycles. The van der Waals surface area contributed by atoms with Gasteiger partial charge >= 0.3 is 0 Å². The van der Waals surface area contributed by atoms with Crippen LogP contribution in [0, 0.1) is 13.8 Å². The summed E-state index contributed by atoms with van der Waals surface area (Å²) in [6.45, 7) is 4.69. The topological polar surface area (TPSA) is 51.0 Å². The highest BCUT2D eigenvalue weighted by atomic mass is 79.9. The van der Waals surface area contributed by atoms with E-state index in [0.29, 0.717) is 17.5 Å². The smallest absolute Gasteiger partial charge is 0.233 e. The van der Waals surface area contributed by atoms with Gasteiger partial charge in [-0.3, -0.25) is 9.36 Å². The van der Waals surface area contributed by atoms with Gasteiger partial charge in [0.2, 0.25) is 5.91 Å². The summed E-state index contributed by atoms with van der Waals surface area (Å²) >= 11 is 4.93. The molecule has 3 aromatic rings. The SMILES string of the molecule is Cc1ccc(-n2cnnc2SCC(=O)N(C)Cc2ccccc2Br)c(C)c1. The van der Waals surface area contributed by atoms with E-state index in [0.717, 1.165) is 21.3 Å². The molecular weight excluding hydrogens is 424 g/mol. The van der Waals surface area contributed by atoms with Crippen LogP contribution in [-0.4, -0.2) is 38.4 Å². The van der Waals surface area contributed by atoms with E-state index in [1.54, 1.807) is 11.2 Å². The van der Waals surface area contributed by atoms with Crippen LogP contribution in [-0.2, 0) is 11.3 Å². The number of hydrogen-bond acceptors (Lipinski definition) is 4. The molecule has 1 aromatic heterocycles. The maximum Gasteiger partial charge on any atom is 0.233 e. The zero-order valence-electron chi connectivity index (χ0n) is 15.5. The monoisotopic (exact) mass is 444 g/mol. The van der Waals surface area contributed by atoms with Crippen LogP contribution >= 0.6 is 27.7 Å². The second kappa shape index (κ2) is 8.71. The van der Waals surface area contributed by atoms with Gasteiger partial charge in [0, 0.05) is 18.1 Å². The van der Waals surface area contributed by atoms with Crippen LogP contribution in [0.2, 0.25) is 0 Å². The maximum atomic E-state index is 12.5. The predicted octanol–water partition coefficient (Wildman–Crippen LogP) is 4.40. The molecule has 5 nitrogen and oxygen atoms in total. The number of carbonyl (C=O) groups is 1. The average molecular weight is 445 g/mol. The first-order chi connectivity index (χ1) is 13.0. The normalized spacial score (nSPS) is 10.8. The van der Waals surface area contributed by atoms with Crippen LogP contribution in [0.4, 0.5) is 0 Å². The molecule has 7 heteroatoms. The van der Waals surface area contributed by atoms with Crippen molar-refractivity contribution in [1.29, 1.82) is 0 Å². The lowest BCUT2D eigenvalue weighted by Crippen LogP contribution is -2.28. The van der Waals surface area contributed by atoms with E-state index < -0.39 is 0 Å². The highest BCUT2D eigenvalue weighted by Crippen LogP contribution is 2.23. The van der Waals surface area contributed by atoms with Crippen molar-refractivity contribution in [1.82, 2.24) is 19.7 Å². The Morgan fingerprint density at radius 3 is 2.74 bits per heavy atom. The molecule has 0 radical (unpaired) electrons. The van der Waals surface area contributed by atoms with Crippen LogP contribution in [0.15, 0.2) is 58.4 Å². The molecule has 0 unspecified atom stereocenters. The summed E-state index contributed by atoms with van der Waals surface area (Å²) in [5.41, 5.74) is 4.47. The maximum absolute atomic E-state index is 12.5. The van der Waals surface area contributed by atoms with Crippen molar-refractivity contribution in [2.24, 2.45) is 0 Å². The number of halogens is 1. The predicted molar refractivity (Wildman–Crippen MR) is 112 cm³/mol. The van der Waals surface area contributed by atoms with Crippen LogP contribution in [0.25, 0.3) is 5.69 Å². The Morgan fingerprint density at radius 2 is 2.00 bits per heavy atom. The van der Waals surface area contributed by atoms with E-state index in [1.165, 1.54) is 17.3 Å². The largest absolute Gasteiger partial charge is 0.341 e. The second-order valence-corrected chi connectivity index (χ2v) is 8.20. The van der Waals surface area contributed by atoms with Crippen molar-refractivity contribution in [2.45, 2.75) is 25.5 Å². The molecule has 2 aromatic carbocycles. The minimum absolute atomic E-state index is 0.0472. The quantitative estimate of drug-likeness (QED) is 0.528. The fraction of sp³-hybridized carbons (Fsp3) is 0.250. The van der Waals surface area contributed by atoms with E-state index in [4.69, 9.17) is 0 Å². The van der Waals surface area contributed by atoms with Gasteiger partial charge in [0.15, 0.2) is 5.16 Å². The zero-order valence-corrected chi connectivity index (χ0v) is 17.9. The second-order valence-electron chi connectivity index (χ2n) is 6.40. The first-order valence-corrected chi connectivity index (χ1v) is 10.3. The van der Waals surface area contributed by atoms with Crippen molar-refractivity contribution >= 4 is 33.6 Å². The van der Waals surface area contributed by atoms with Crippen molar-refractivity contribution in [3.8, 4) is 5.69 Å². The van der Waals surface area contributed by atoms with Gasteiger partial charge in [-0.15, -0.1) is 10.2 Å². The number of aryl methyl sites for hydroxylation is 2. The zero-order chi connectivity index (χ0) is 19.4. The van der Waals surface area contributed by atoms with Gasteiger partial charge in [-0.05, 0) is 37.1 Å². The first-order valence-electron chi connectivity index (χ1n) is 8.53. The Bertz CT molecular complexity index is 957. The minimum atomic E-state index is 0.0472. The van der Waals surface area contributed by atoms with Crippen LogP contribution in [0.1, 0.15) is 16.7 Å². The number of rotatable bonds is 6. The molecule has 1 amide bonds. The van der Waals surface area contributed by atoms with Gasteiger partial charge < -0.3 is 4.90 Å². The molecule has 3 rings (SSSR count). The van der Waals surface area contributed by atoms with Gasteiger partial charge in [0.25, 0.3) is 0 Å². The summed E-state index contributed by atoms with van der Waals surface area (Å²) in [7, 11) is 1.82. The molecule has 0 aliphatic heterocycles. The fourth-order valence-corrected chi connectivity index (χ4v) is 4.04. The van der Waals surface area contributed by atoms with E-state index in [1.807, 2.05) is 35.9 Å². The van der Waals surface area contributed by atoms with E-state index in [9.17, 15) is 4.79 Å². The number of nitrogens with zero attached hydrogens (tertiary/aromatic N) is 4. The Hall–Kier alpha value is -2.12. The summed E-state index contributed by atoms with van der Waals surface area (Å²) in [6.07, 6.45) is 1.69. The average Bonchev–Trinajstić information content (AvgIpc) is 3.09. The third-order valence-corrected chi connectivity index (χ3v) is 5.95. The Balaban J connectivity index is 1.66.